The molecule has 0 radical (unpaired) electrons. The van der Waals surface area contributed by atoms with Gasteiger partial charge in [-0.1, -0.05) is 38.1 Å². The van der Waals surface area contributed by atoms with Crippen LogP contribution in [0.4, 0.5) is 5.69 Å². The minimum Gasteiger partial charge on any atom is -0.331 e. The number of rotatable bonds is 10. The molecule has 1 heterocycles. The molecule has 7 heteroatoms. The third-order valence-electron chi connectivity index (χ3n) is 5.02. The van der Waals surface area contributed by atoms with Gasteiger partial charge in [0.1, 0.15) is 6.04 Å². The van der Waals surface area contributed by atoms with Crippen LogP contribution in [0.1, 0.15) is 56.1 Å². The molecular formula is C21H34N5OS+. The Morgan fingerprint density at radius 3 is 2.57 bits per heavy atom. The number of amides is 1. The van der Waals surface area contributed by atoms with Crippen LogP contribution in [0, 0.1) is 13.8 Å². The average molecular weight is 405 g/mol. The molecular weight excluding hydrogens is 370 g/mol. The van der Waals surface area contributed by atoms with Crippen molar-refractivity contribution in [1.82, 2.24) is 14.8 Å². The van der Waals surface area contributed by atoms with Crippen molar-refractivity contribution >= 4 is 23.4 Å². The van der Waals surface area contributed by atoms with Crippen LogP contribution < -0.4 is 10.2 Å². The Balaban J connectivity index is 2.08. The topological polar surface area (TPSA) is 64.2 Å². The lowest BCUT2D eigenvalue weighted by Crippen LogP contribution is -3.06. The van der Waals surface area contributed by atoms with E-state index in [2.05, 4.69) is 54.9 Å². The average Bonchev–Trinajstić information content (AvgIpc) is 3.04. The Morgan fingerprint density at radius 2 is 1.96 bits per heavy atom. The van der Waals surface area contributed by atoms with Gasteiger partial charge in [0.25, 0.3) is 0 Å². The van der Waals surface area contributed by atoms with E-state index in [1.54, 1.807) is 0 Å². The highest BCUT2D eigenvalue weighted by Crippen LogP contribution is 2.22. The number of unbranched alkanes of at least 4 members (excludes halogenated alkanes) is 1. The lowest BCUT2D eigenvalue weighted by Gasteiger charge is -2.20. The van der Waals surface area contributed by atoms with Gasteiger partial charge < -0.3 is 14.8 Å². The highest BCUT2D eigenvalue weighted by Gasteiger charge is 2.25. The van der Waals surface area contributed by atoms with Crippen LogP contribution in [0.3, 0.4) is 0 Å². The van der Waals surface area contributed by atoms with Gasteiger partial charge in [-0.3, -0.25) is 4.79 Å². The Labute approximate surface area is 173 Å². The highest BCUT2D eigenvalue weighted by molar-refractivity contribution is 7.99. The highest BCUT2D eigenvalue weighted by atomic mass is 32.2. The molecule has 1 amide bonds. The number of quaternary nitrogens is 1. The summed E-state index contributed by atoms with van der Waals surface area (Å²) in [5.41, 5.74) is 3.23. The van der Waals surface area contributed by atoms with E-state index in [4.69, 9.17) is 0 Å². The summed E-state index contributed by atoms with van der Waals surface area (Å²) in [6.07, 6.45) is 3.19. The Bertz CT molecular complexity index is 787. The van der Waals surface area contributed by atoms with Gasteiger partial charge in [-0.25, -0.2) is 0 Å². The Hall–Kier alpha value is -1.86. The van der Waals surface area contributed by atoms with Crippen molar-refractivity contribution in [2.45, 2.75) is 64.7 Å². The van der Waals surface area contributed by atoms with Gasteiger partial charge in [-0.2, -0.15) is 0 Å². The molecule has 0 fully saturated rings. The van der Waals surface area contributed by atoms with Crippen molar-refractivity contribution in [3.63, 3.8) is 0 Å². The largest absolute Gasteiger partial charge is 0.331 e. The van der Waals surface area contributed by atoms with Crippen molar-refractivity contribution in [2.75, 3.05) is 25.2 Å². The molecule has 2 rings (SSSR count). The number of hydrogen-bond acceptors (Lipinski definition) is 4. The zero-order valence-electron chi connectivity index (χ0n) is 18.0. The third-order valence-corrected chi connectivity index (χ3v) is 5.99. The van der Waals surface area contributed by atoms with Gasteiger partial charge in [0.2, 0.25) is 5.91 Å². The second-order valence-corrected chi connectivity index (χ2v) is 8.46. The number of aromatic nitrogens is 3. The zero-order chi connectivity index (χ0) is 20.7. The van der Waals surface area contributed by atoms with Crippen molar-refractivity contribution in [3.8, 4) is 0 Å². The predicted molar refractivity (Wildman–Crippen MR) is 116 cm³/mol. The molecule has 6 nitrogen and oxygen atoms in total. The SMILES string of the molecule is CCCCn1c(SCC(=O)Nc2ccc(C)c(C)c2)nnc1[C@@H](CC)[NH+](C)C. The molecule has 0 saturated heterocycles. The molecule has 0 saturated carbocycles. The van der Waals surface area contributed by atoms with Crippen LogP contribution in [0.25, 0.3) is 0 Å². The van der Waals surface area contributed by atoms with Crippen molar-refractivity contribution in [2.24, 2.45) is 0 Å². The number of aryl methyl sites for hydroxylation is 2. The zero-order valence-corrected chi connectivity index (χ0v) is 18.8. The maximum Gasteiger partial charge on any atom is 0.234 e. The van der Waals surface area contributed by atoms with Crippen molar-refractivity contribution in [3.05, 3.63) is 35.2 Å². The maximum atomic E-state index is 12.4. The fourth-order valence-corrected chi connectivity index (χ4v) is 3.96. The van der Waals surface area contributed by atoms with Crippen LogP contribution in [0.2, 0.25) is 0 Å². The minimum absolute atomic E-state index is 0.0230. The molecule has 0 aliphatic heterocycles. The molecule has 0 aliphatic carbocycles. The van der Waals surface area contributed by atoms with Gasteiger partial charge >= 0.3 is 0 Å². The number of anilines is 1. The van der Waals surface area contributed by atoms with Crippen LogP contribution >= 0.6 is 11.8 Å². The Morgan fingerprint density at radius 1 is 1.21 bits per heavy atom. The van der Waals surface area contributed by atoms with Crippen LogP contribution in [-0.2, 0) is 11.3 Å². The van der Waals surface area contributed by atoms with E-state index >= 15 is 0 Å². The Kier molecular flexibility index (Phi) is 8.51. The molecule has 154 valence electrons. The molecule has 0 spiro atoms. The van der Waals surface area contributed by atoms with E-state index in [-0.39, 0.29) is 5.91 Å². The molecule has 28 heavy (non-hydrogen) atoms. The second kappa shape index (κ2) is 10.6. The van der Waals surface area contributed by atoms with E-state index in [0.29, 0.717) is 11.8 Å². The quantitative estimate of drug-likeness (QED) is 0.598. The second-order valence-electron chi connectivity index (χ2n) is 7.52. The summed E-state index contributed by atoms with van der Waals surface area (Å²) in [6.45, 7) is 9.37. The third kappa shape index (κ3) is 5.82. The first-order chi connectivity index (χ1) is 13.4. The number of nitrogens with one attached hydrogen (secondary N) is 2. The summed E-state index contributed by atoms with van der Waals surface area (Å²) in [4.78, 5) is 13.8. The summed E-state index contributed by atoms with van der Waals surface area (Å²) in [5, 5.41) is 12.7. The van der Waals surface area contributed by atoms with Gasteiger partial charge in [-0.15, -0.1) is 10.2 Å². The molecule has 2 N–H and O–H groups in total. The normalized spacial score (nSPS) is 12.4. The van der Waals surface area contributed by atoms with Gasteiger partial charge in [0.05, 0.1) is 19.8 Å². The van der Waals surface area contributed by atoms with E-state index < -0.39 is 0 Å². The first-order valence-electron chi connectivity index (χ1n) is 10.1. The molecule has 1 atom stereocenters. The van der Waals surface area contributed by atoms with Crippen LogP contribution in [0.15, 0.2) is 23.4 Å². The molecule has 0 bridgehead atoms. The maximum absolute atomic E-state index is 12.4. The minimum atomic E-state index is -0.0230. The summed E-state index contributed by atoms with van der Waals surface area (Å²) in [7, 11) is 4.30. The lowest BCUT2D eigenvalue weighted by atomic mass is 10.1. The molecule has 1 aromatic carbocycles. The number of hydrogen-bond donors (Lipinski definition) is 2. The summed E-state index contributed by atoms with van der Waals surface area (Å²) < 4.78 is 2.21. The summed E-state index contributed by atoms with van der Waals surface area (Å²) in [5.74, 6) is 1.32. The van der Waals surface area contributed by atoms with Crippen molar-refractivity contribution in [1.29, 1.82) is 0 Å². The molecule has 2 aromatic rings. The predicted octanol–water partition coefficient (Wildman–Crippen LogP) is 3.02. The molecule has 0 aliphatic rings. The lowest BCUT2D eigenvalue weighted by molar-refractivity contribution is -0.893. The summed E-state index contributed by atoms with van der Waals surface area (Å²) >= 11 is 1.46. The van der Waals surface area contributed by atoms with Crippen LogP contribution in [-0.4, -0.2) is 40.5 Å². The van der Waals surface area contributed by atoms with E-state index in [0.717, 1.165) is 42.5 Å². The number of carbonyl (C=O) groups excluding carboxylic acids is 1. The monoisotopic (exact) mass is 404 g/mol. The fourth-order valence-electron chi connectivity index (χ4n) is 3.19. The van der Waals surface area contributed by atoms with E-state index in [1.165, 1.54) is 27.8 Å². The standard InChI is InChI=1S/C21H33N5OS/c1-7-9-12-26-20(18(8-2)25(5)6)23-24-21(26)28-14-19(27)22-17-11-10-15(3)16(4)13-17/h10-11,13,18H,7-9,12,14H2,1-6H3,(H,22,27)/p+1/t18-/m1/s1. The van der Waals surface area contributed by atoms with Crippen molar-refractivity contribution < 1.29 is 9.69 Å². The first kappa shape index (κ1) is 22.4. The number of benzene rings is 1. The molecule has 1 aromatic heterocycles. The first-order valence-corrected chi connectivity index (χ1v) is 11.1. The van der Waals surface area contributed by atoms with Gasteiger partial charge in [0, 0.05) is 18.7 Å². The van der Waals surface area contributed by atoms with E-state index in [1.807, 2.05) is 25.1 Å². The number of thioether (sulfide) groups is 1. The van der Waals surface area contributed by atoms with Gasteiger partial charge in [-0.05, 0) is 43.5 Å². The van der Waals surface area contributed by atoms with Crippen LogP contribution in [0.5, 0.6) is 0 Å². The number of carbonyl (C=O) groups is 1. The fraction of sp³-hybridized carbons (Fsp3) is 0.571. The summed E-state index contributed by atoms with van der Waals surface area (Å²) in [6, 6.07) is 6.28. The number of nitrogens with zero attached hydrogens (tertiary/aromatic N) is 3. The van der Waals surface area contributed by atoms with E-state index in [9.17, 15) is 4.79 Å². The van der Waals surface area contributed by atoms with Gasteiger partial charge in [0.15, 0.2) is 11.0 Å². The smallest absolute Gasteiger partial charge is 0.234 e. The molecule has 0 unspecified atom stereocenters.